The molecule has 0 aliphatic rings. The molecule has 0 aliphatic heterocycles. The Morgan fingerprint density at radius 2 is 2.12 bits per heavy atom. The summed E-state index contributed by atoms with van der Waals surface area (Å²) in [6.07, 6.45) is 0.232. The fourth-order valence-corrected chi connectivity index (χ4v) is 1.31. The second-order valence-corrected chi connectivity index (χ2v) is 4.95. The molecule has 0 heterocycles. The highest BCUT2D eigenvalue weighted by molar-refractivity contribution is 5.78. The van der Waals surface area contributed by atoms with Gasteiger partial charge in [-0.05, 0) is 17.7 Å². The van der Waals surface area contributed by atoms with E-state index in [0.29, 0.717) is 6.54 Å². The predicted octanol–water partition coefficient (Wildman–Crippen LogP) is 1.07. The van der Waals surface area contributed by atoms with Crippen molar-refractivity contribution in [1.82, 2.24) is 5.32 Å². The Kier molecular flexibility index (Phi) is 4.52. The Labute approximate surface area is 101 Å². The van der Waals surface area contributed by atoms with Gasteiger partial charge in [-0.1, -0.05) is 26.0 Å². The highest BCUT2D eigenvalue weighted by atomic mass is 16.3. The lowest BCUT2D eigenvalue weighted by Crippen LogP contribution is -2.36. The van der Waals surface area contributed by atoms with Gasteiger partial charge in [0.15, 0.2) is 0 Å². The van der Waals surface area contributed by atoms with E-state index in [0.717, 1.165) is 5.56 Å². The van der Waals surface area contributed by atoms with Crippen LogP contribution in [0.15, 0.2) is 24.3 Å². The maximum Gasteiger partial charge on any atom is 0.224 e. The van der Waals surface area contributed by atoms with E-state index in [9.17, 15) is 9.90 Å². The third-order valence-corrected chi connectivity index (χ3v) is 2.47. The standard InChI is InChI=1S/C13H19NO3/c1-13(2,9-15)8-14-12(17)7-10-4-3-5-11(16)6-10/h3-6,15-16H,7-9H2,1-2H3,(H,14,17). The Morgan fingerprint density at radius 3 is 2.71 bits per heavy atom. The minimum atomic E-state index is -0.311. The molecule has 1 amide bonds. The van der Waals surface area contributed by atoms with Gasteiger partial charge < -0.3 is 15.5 Å². The van der Waals surface area contributed by atoms with Crippen LogP contribution in [0.1, 0.15) is 19.4 Å². The lowest BCUT2D eigenvalue weighted by molar-refractivity contribution is -0.121. The minimum absolute atomic E-state index is 0.0272. The number of nitrogens with one attached hydrogen (secondary N) is 1. The van der Waals surface area contributed by atoms with E-state index in [1.54, 1.807) is 24.3 Å². The maximum atomic E-state index is 11.6. The Morgan fingerprint density at radius 1 is 1.41 bits per heavy atom. The van der Waals surface area contributed by atoms with Gasteiger partial charge in [0, 0.05) is 18.6 Å². The zero-order valence-corrected chi connectivity index (χ0v) is 10.2. The summed E-state index contributed by atoms with van der Waals surface area (Å²) in [5.74, 6) is 0.0445. The van der Waals surface area contributed by atoms with Crippen molar-refractivity contribution < 1.29 is 15.0 Å². The number of carbonyl (C=O) groups is 1. The van der Waals surface area contributed by atoms with E-state index in [4.69, 9.17) is 5.11 Å². The van der Waals surface area contributed by atoms with E-state index < -0.39 is 0 Å². The normalized spacial score (nSPS) is 11.2. The summed E-state index contributed by atoms with van der Waals surface area (Å²) < 4.78 is 0. The summed E-state index contributed by atoms with van der Waals surface area (Å²) in [6.45, 7) is 4.21. The monoisotopic (exact) mass is 237 g/mol. The number of aromatic hydroxyl groups is 1. The quantitative estimate of drug-likeness (QED) is 0.717. The van der Waals surface area contributed by atoms with E-state index in [-0.39, 0.29) is 30.1 Å². The molecule has 0 aromatic heterocycles. The second kappa shape index (κ2) is 5.68. The molecule has 0 bridgehead atoms. The number of phenolic OH excluding ortho intramolecular Hbond substituents is 1. The van der Waals surface area contributed by atoms with Crippen LogP contribution in [0, 0.1) is 5.41 Å². The van der Waals surface area contributed by atoms with Crippen molar-refractivity contribution in [3.05, 3.63) is 29.8 Å². The molecule has 0 radical (unpaired) electrons. The van der Waals surface area contributed by atoms with Gasteiger partial charge in [0.2, 0.25) is 5.91 Å². The van der Waals surface area contributed by atoms with Crippen molar-refractivity contribution in [3.8, 4) is 5.75 Å². The zero-order chi connectivity index (χ0) is 12.9. The summed E-state index contributed by atoms with van der Waals surface area (Å²) >= 11 is 0. The molecule has 94 valence electrons. The Hall–Kier alpha value is -1.55. The fraction of sp³-hybridized carbons (Fsp3) is 0.462. The molecule has 4 heteroatoms. The molecule has 0 spiro atoms. The molecule has 17 heavy (non-hydrogen) atoms. The molecular formula is C13H19NO3. The van der Waals surface area contributed by atoms with E-state index >= 15 is 0 Å². The molecule has 0 fully saturated rings. The molecule has 0 atom stereocenters. The second-order valence-electron chi connectivity index (χ2n) is 4.95. The van der Waals surface area contributed by atoms with Gasteiger partial charge in [0.05, 0.1) is 6.42 Å². The van der Waals surface area contributed by atoms with Crippen molar-refractivity contribution in [2.45, 2.75) is 20.3 Å². The lowest BCUT2D eigenvalue weighted by Gasteiger charge is -2.21. The molecule has 3 N–H and O–H groups in total. The molecule has 4 nitrogen and oxygen atoms in total. The average molecular weight is 237 g/mol. The number of hydrogen-bond donors (Lipinski definition) is 3. The van der Waals surface area contributed by atoms with Crippen molar-refractivity contribution in [2.24, 2.45) is 5.41 Å². The molecule has 0 aliphatic carbocycles. The fourth-order valence-electron chi connectivity index (χ4n) is 1.31. The first-order valence-corrected chi connectivity index (χ1v) is 5.58. The van der Waals surface area contributed by atoms with Crippen LogP contribution in [0.4, 0.5) is 0 Å². The zero-order valence-electron chi connectivity index (χ0n) is 10.2. The number of benzene rings is 1. The van der Waals surface area contributed by atoms with Crippen molar-refractivity contribution >= 4 is 5.91 Å². The van der Waals surface area contributed by atoms with Gasteiger partial charge in [-0.3, -0.25) is 4.79 Å². The molecular weight excluding hydrogens is 218 g/mol. The van der Waals surface area contributed by atoms with Crippen molar-refractivity contribution in [3.63, 3.8) is 0 Å². The summed E-state index contributed by atoms with van der Waals surface area (Å²) in [4.78, 5) is 11.6. The van der Waals surface area contributed by atoms with Gasteiger partial charge in [0.1, 0.15) is 5.75 Å². The predicted molar refractivity (Wildman–Crippen MR) is 65.7 cm³/mol. The van der Waals surface area contributed by atoms with Crippen LogP contribution in [0.5, 0.6) is 5.75 Å². The maximum absolute atomic E-state index is 11.6. The number of aliphatic hydroxyl groups is 1. The number of aliphatic hydroxyl groups excluding tert-OH is 1. The average Bonchev–Trinajstić information content (AvgIpc) is 2.27. The molecule has 1 rings (SSSR count). The first-order valence-electron chi connectivity index (χ1n) is 5.58. The SMILES string of the molecule is CC(C)(CO)CNC(=O)Cc1cccc(O)c1. The van der Waals surface area contributed by atoms with Crippen molar-refractivity contribution in [2.75, 3.05) is 13.2 Å². The van der Waals surface area contributed by atoms with Crippen LogP contribution in [-0.2, 0) is 11.2 Å². The van der Waals surface area contributed by atoms with Gasteiger partial charge in [-0.15, -0.1) is 0 Å². The number of hydrogen-bond acceptors (Lipinski definition) is 3. The largest absolute Gasteiger partial charge is 0.508 e. The highest BCUT2D eigenvalue weighted by Gasteiger charge is 2.17. The van der Waals surface area contributed by atoms with Gasteiger partial charge in [0.25, 0.3) is 0 Å². The summed E-state index contributed by atoms with van der Waals surface area (Å²) in [6, 6.07) is 6.62. The lowest BCUT2D eigenvalue weighted by atomic mass is 9.95. The van der Waals surface area contributed by atoms with Crippen LogP contribution < -0.4 is 5.32 Å². The summed E-state index contributed by atoms with van der Waals surface area (Å²) in [5, 5.41) is 21.1. The molecule has 0 saturated carbocycles. The van der Waals surface area contributed by atoms with Gasteiger partial charge in [-0.25, -0.2) is 0 Å². The third kappa shape index (κ3) is 4.87. The van der Waals surface area contributed by atoms with Crippen LogP contribution in [0.25, 0.3) is 0 Å². The number of rotatable bonds is 5. The third-order valence-electron chi connectivity index (χ3n) is 2.47. The molecule has 0 unspecified atom stereocenters. The topological polar surface area (TPSA) is 69.6 Å². The Balaban J connectivity index is 2.45. The van der Waals surface area contributed by atoms with E-state index in [1.807, 2.05) is 13.8 Å². The van der Waals surface area contributed by atoms with Crippen LogP contribution in [-0.4, -0.2) is 29.3 Å². The van der Waals surface area contributed by atoms with Crippen LogP contribution in [0.2, 0.25) is 0 Å². The smallest absolute Gasteiger partial charge is 0.224 e. The highest BCUT2D eigenvalue weighted by Crippen LogP contribution is 2.13. The molecule has 1 aromatic carbocycles. The first kappa shape index (κ1) is 13.5. The first-order chi connectivity index (χ1) is 7.93. The van der Waals surface area contributed by atoms with E-state index in [2.05, 4.69) is 5.32 Å². The van der Waals surface area contributed by atoms with Gasteiger partial charge in [-0.2, -0.15) is 0 Å². The van der Waals surface area contributed by atoms with Crippen LogP contribution >= 0.6 is 0 Å². The number of phenols is 1. The van der Waals surface area contributed by atoms with Crippen LogP contribution in [0.3, 0.4) is 0 Å². The summed E-state index contributed by atoms with van der Waals surface area (Å²) in [7, 11) is 0. The van der Waals surface area contributed by atoms with Crippen molar-refractivity contribution in [1.29, 1.82) is 0 Å². The number of carbonyl (C=O) groups excluding carboxylic acids is 1. The Bertz CT molecular complexity index is 388. The molecule has 1 aromatic rings. The van der Waals surface area contributed by atoms with Gasteiger partial charge >= 0.3 is 0 Å². The minimum Gasteiger partial charge on any atom is -0.508 e. The summed E-state index contributed by atoms with van der Waals surface area (Å²) in [5.41, 5.74) is 0.457. The van der Waals surface area contributed by atoms with E-state index in [1.165, 1.54) is 0 Å². The number of amides is 1. The molecule has 0 saturated heterocycles.